The van der Waals surface area contributed by atoms with Crippen molar-refractivity contribution in [1.29, 1.82) is 0 Å². The van der Waals surface area contributed by atoms with Crippen molar-refractivity contribution in [1.82, 2.24) is 0 Å². The summed E-state index contributed by atoms with van der Waals surface area (Å²) in [4.78, 5) is 23.7. The van der Waals surface area contributed by atoms with Gasteiger partial charge in [-0.3, -0.25) is 4.79 Å². The van der Waals surface area contributed by atoms with E-state index in [1.807, 2.05) is 32.0 Å². The van der Waals surface area contributed by atoms with Crippen molar-refractivity contribution >= 4 is 16.9 Å². The molecule has 0 saturated heterocycles. The number of aryl methyl sites for hydroxylation is 2. The molecule has 0 spiro atoms. The lowest BCUT2D eigenvalue weighted by Crippen LogP contribution is -2.09. The van der Waals surface area contributed by atoms with Crippen LogP contribution in [0.15, 0.2) is 51.7 Å². The fourth-order valence-electron chi connectivity index (χ4n) is 2.94. The van der Waals surface area contributed by atoms with E-state index in [1.165, 1.54) is 6.07 Å². The van der Waals surface area contributed by atoms with Gasteiger partial charge in [0.2, 0.25) is 0 Å². The number of esters is 1. The summed E-state index contributed by atoms with van der Waals surface area (Å²) in [6.45, 7) is 4.28. The molecule has 0 aliphatic heterocycles. The van der Waals surface area contributed by atoms with E-state index < -0.39 is 5.63 Å². The second-order valence-electron chi connectivity index (χ2n) is 6.30. The van der Waals surface area contributed by atoms with Gasteiger partial charge in [-0.05, 0) is 55.7 Å². The molecule has 0 saturated carbocycles. The van der Waals surface area contributed by atoms with Gasteiger partial charge in [-0.1, -0.05) is 6.07 Å². The molecule has 0 unspecified atom stereocenters. The van der Waals surface area contributed by atoms with Crippen LogP contribution >= 0.6 is 0 Å². The predicted octanol–water partition coefficient (Wildman–Crippen LogP) is 4.05. The molecule has 146 valence electrons. The third kappa shape index (κ3) is 4.52. The molecule has 2 aromatic carbocycles. The first-order valence-electron chi connectivity index (χ1n) is 9.05. The van der Waals surface area contributed by atoms with Crippen molar-refractivity contribution < 1.29 is 23.4 Å². The van der Waals surface area contributed by atoms with Crippen molar-refractivity contribution in [3.8, 4) is 17.2 Å². The molecule has 0 radical (unpaired) electrons. The van der Waals surface area contributed by atoms with Crippen LogP contribution in [0.4, 0.5) is 0 Å². The molecule has 0 aliphatic rings. The molecule has 0 N–H and O–H groups in total. The molecule has 1 heterocycles. The van der Waals surface area contributed by atoms with E-state index in [4.69, 9.17) is 18.6 Å². The molecule has 0 amide bonds. The number of hydrogen-bond donors (Lipinski definition) is 0. The Morgan fingerprint density at radius 3 is 2.64 bits per heavy atom. The summed E-state index contributed by atoms with van der Waals surface area (Å²) in [6, 6.07) is 12.0. The third-order valence-corrected chi connectivity index (χ3v) is 4.30. The standard InChI is InChI=1S/C22H22O6/c1-4-26-18-9-5-15(12-20(18)25-3)6-10-21(23)27-16-7-8-17-14(2)11-22(24)28-19(17)13-16/h5,7-9,11-13H,4,6,10H2,1-3H3. The third-order valence-electron chi connectivity index (χ3n) is 4.30. The van der Waals surface area contributed by atoms with Gasteiger partial charge in [0, 0.05) is 23.9 Å². The van der Waals surface area contributed by atoms with Gasteiger partial charge in [-0.15, -0.1) is 0 Å². The quantitative estimate of drug-likeness (QED) is 0.349. The SMILES string of the molecule is CCOc1ccc(CCC(=O)Oc2ccc3c(C)cc(=O)oc3c2)cc1OC. The van der Waals surface area contributed by atoms with Crippen LogP contribution in [-0.2, 0) is 11.2 Å². The highest BCUT2D eigenvalue weighted by Gasteiger charge is 2.10. The van der Waals surface area contributed by atoms with E-state index in [9.17, 15) is 9.59 Å². The Morgan fingerprint density at radius 1 is 1.07 bits per heavy atom. The molecule has 6 heteroatoms. The van der Waals surface area contributed by atoms with Gasteiger partial charge in [0.05, 0.1) is 13.7 Å². The minimum Gasteiger partial charge on any atom is -0.493 e. The molecule has 0 aliphatic carbocycles. The summed E-state index contributed by atoms with van der Waals surface area (Å²) < 4.78 is 21.4. The van der Waals surface area contributed by atoms with Gasteiger partial charge >= 0.3 is 11.6 Å². The summed E-state index contributed by atoms with van der Waals surface area (Å²) >= 11 is 0. The number of hydrogen-bond acceptors (Lipinski definition) is 6. The van der Waals surface area contributed by atoms with E-state index >= 15 is 0 Å². The highest BCUT2D eigenvalue weighted by Crippen LogP contribution is 2.28. The summed E-state index contributed by atoms with van der Waals surface area (Å²) in [5.74, 6) is 1.27. The minimum absolute atomic E-state index is 0.201. The van der Waals surface area contributed by atoms with Crippen molar-refractivity contribution in [2.75, 3.05) is 13.7 Å². The Morgan fingerprint density at radius 2 is 1.89 bits per heavy atom. The number of methoxy groups -OCH3 is 1. The van der Waals surface area contributed by atoms with E-state index in [2.05, 4.69) is 0 Å². The molecule has 3 rings (SSSR count). The molecule has 0 fully saturated rings. The first kappa shape index (κ1) is 19.5. The minimum atomic E-state index is -0.432. The fourth-order valence-corrected chi connectivity index (χ4v) is 2.94. The van der Waals surface area contributed by atoms with E-state index in [0.29, 0.717) is 35.9 Å². The van der Waals surface area contributed by atoms with Gasteiger partial charge in [0.25, 0.3) is 0 Å². The topological polar surface area (TPSA) is 75.0 Å². The molecule has 1 aromatic heterocycles. The van der Waals surface area contributed by atoms with E-state index in [-0.39, 0.29) is 12.4 Å². The lowest BCUT2D eigenvalue weighted by Gasteiger charge is -2.11. The second kappa shape index (κ2) is 8.61. The van der Waals surface area contributed by atoms with Gasteiger partial charge in [0.15, 0.2) is 11.5 Å². The fraction of sp³-hybridized carbons (Fsp3) is 0.273. The number of carbonyl (C=O) groups excluding carboxylic acids is 1. The summed E-state index contributed by atoms with van der Waals surface area (Å²) in [6.07, 6.45) is 0.705. The van der Waals surface area contributed by atoms with Gasteiger partial charge in [-0.25, -0.2) is 4.79 Å². The molecule has 0 bridgehead atoms. The molecular formula is C22H22O6. The molecule has 28 heavy (non-hydrogen) atoms. The smallest absolute Gasteiger partial charge is 0.336 e. The zero-order valence-corrected chi connectivity index (χ0v) is 16.1. The molecular weight excluding hydrogens is 360 g/mol. The summed E-state index contributed by atoms with van der Waals surface area (Å²) in [5, 5.41) is 0.806. The number of fused-ring (bicyclic) bond motifs is 1. The van der Waals surface area contributed by atoms with Crippen molar-refractivity contribution in [3.63, 3.8) is 0 Å². The molecule has 6 nitrogen and oxygen atoms in total. The first-order chi connectivity index (χ1) is 13.5. The number of rotatable bonds is 7. The van der Waals surface area contributed by atoms with E-state index in [1.54, 1.807) is 25.3 Å². The van der Waals surface area contributed by atoms with Crippen LogP contribution in [0.2, 0.25) is 0 Å². The highest BCUT2D eigenvalue weighted by molar-refractivity contribution is 5.82. The second-order valence-corrected chi connectivity index (χ2v) is 6.30. The summed E-state index contributed by atoms with van der Waals surface area (Å²) in [7, 11) is 1.58. The van der Waals surface area contributed by atoms with Gasteiger partial charge < -0.3 is 18.6 Å². The van der Waals surface area contributed by atoms with Crippen molar-refractivity contribution in [2.45, 2.75) is 26.7 Å². The normalized spacial score (nSPS) is 10.7. The zero-order valence-electron chi connectivity index (χ0n) is 16.1. The lowest BCUT2D eigenvalue weighted by atomic mass is 10.1. The average Bonchev–Trinajstić information content (AvgIpc) is 2.67. The van der Waals surface area contributed by atoms with Crippen LogP contribution in [0.25, 0.3) is 11.0 Å². The van der Waals surface area contributed by atoms with Gasteiger partial charge in [-0.2, -0.15) is 0 Å². The van der Waals surface area contributed by atoms with Crippen LogP contribution in [0, 0.1) is 6.92 Å². The Labute approximate surface area is 162 Å². The van der Waals surface area contributed by atoms with Crippen LogP contribution < -0.4 is 19.8 Å². The lowest BCUT2D eigenvalue weighted by molar-refractivity contribution is -0.134. The van der Waals surface area contributed by atoms with Gasteiger partial charge in [0.1, 0.15) is 11.3 Å². The summed E-state index contributed by atoms with van der Waals surface area (Å²) in [5.41, 5.74) is 1.72. The molecule has 3 aromatic rings. The maximum absolute atomic E-state index is 12.2. The number of benzene rings is 2. The van der Waals surface area contributed by atoms with Crippen LogP contribution in [-0.4, -0.2) is 19.7 Å². The van der Waals surface area contributed by atoms with Crippen molar-refractivity contribution in [3.05, 3.63) is 64.0 Å². The largest absolute Gasteiger partial charge is 0.493 e. The zero-order chi connectivity index (χ0) is 20.1. The average molecular weight is 382 g/mol. The van der Waals surface area contributed by atoms with Crippen molar-refractivity contribution in [2.24, 2.45) is 0 Å². The molecule has 0 atom stereocenters. The Hall–Kier alpha value is -3.28. The Balaban J connectivity index is 1.66. The maximum Gasteiger partial charge on any atom is 0.336 e. The monoisotopic (exact) mass is 382 g/mol. The number of ether oxygens (including phenoxy) is 3. The highest BCUT2D eigenvalue weighted by atomic mass is 16.5. The maximum atomic E-state index is 12.2. The first-order valence-corrected chi connectivity index (χ1v) is 9.05. The van der Waals surface area contributed by atoms with Crippen LogP contribution in [0.1, 0.15) is 24.5 Å². The predicted molar refractivity (Wildman–Crippen MR) is 105 cm³/mol. The van der Waals surface area contributed by atoms with Crippen LogP contribution in [0.3, 0.4) is 0 Å². The van der Waals surface area contributed by atoms with Crippen LogP contribution in [0.5, 0.6) is 17.2 Å². The van der Waals surface area contributed by atoms with E-state index in [0.717, 1.165) is 16.5 Å². The number of carbonyl (C=O) groups is 1. The Kier molecular flexibility index (Phi) is 5.99. The Bertz CT molecular complexity index is 1050.